The maximum atomic E-state index is 6.58. The van der Waals surface area contributed by atoms with Crippen LogP contribution in [0.15, 0.2) is 0 Å². The summed E-state index contributed by atoms with van der Waals surface area (Å²) >= 11 is 0. The molecule has 3 fully saturated rings. The van der Waals surface area contributed by atoms with Gasteiger partial charge in [-0.3, -0.25) is 10.2 Å². The minimum absolute atomic E-state index is 0.386. The molecular weight excluding hydrogens is 212 g/mol. The second-order valence-electron chi connectivity index (χ2n) is 6.30. The predicted octanol–water partition coefficient (Wildman–Crippen LogP) is -0.0949. The molecule has 17 heavy (non-hydrogen) atoms. The molecule has 0 bridgehead atoms. The van der Waals surface area contributed by atoms with Gasteiger partial charge >= 0.3 is 0 Å². The maximum absolute atomic E-state index is 6.58. The smallest absolute Gasteiger partial charge is 0.0641 e. The topological polar surface area (TPSA) is 44.5 Å². The monoisotopic (exact) mass is 238 g/mol. The van der Waals surface area contributed by atoms with Crippen molar-refractivity contribution in [3.63, 3.8) is 0 Å². The first-order chi connectivity index (χ1) is 8.16. The Labute approximate surface area is 105 Å². The van der Waals surface area contributed by atoms with Crippen molar-refractivity contribution < 1.29 is 0 Å². The number of likely N-dealkylation sites (tertiary alicyclic amines) is 2. The lowest BCUT2D eigenvalue weighted by atomic mass is 9.72. The molecule has 5 unspecified atom stereocenters. The third-order valence-corrected chi connectivity index (χ3v) is 5.16. The summed E-state index contributed by atoms with van der Waals surface area (Å²) in [5, 5.41) is 3.88. The molecule has 5 atom stereocenters. The average molecular weight is 238 g/mol. The standard InChI is InChI=1S/C13H26N4/c1-16-7-5-11-10(8-16)12(14)9-4-3-6-17(2)13(9)15-11/h9-13,15H,3-8,14H2,1-2H3. The van der Waals surface area contributed by atoms with Gasteiger partial charge in [0.15, 0.2) is 0 Å². The van der Waals surface area contributed by atoms with Gasteiger partial charge in [0.2, 0.25) is 0 Å². The Bertz CT molecular complexity index is 281. The van der Waals surface area contributed by atoms with Gasteiger partial charge in [0, 0.05) is 30.5 Å². The number of nitrogens with zero attached hydrogens (tertiary/aromatic N) is 2. The van der Waals surface area contributed by atoms with Crippen molar-refractivity contribution in [2.75, 3.05) is 33.7 Å². The first-order valence-electron chi connectivity index (χ1n) is 7.07. The zero-order chi connectivity index (χ0) is 12.0. The highest BCUT2D eigenvalue weighted by Gasteiger charge is 2.46. The van der Waals surface area contributed by atoms with Crippen molar-refractivity contribution in [2.24, 2.45) is 17.6 Å². The molecule has 98 valence electrons. The Kier molecular flexibility index (Phi) is 3.15. The van der Waals surface area contributed by atoms with E-state index in [0.29, 0.717) is 30.1 Å². The van der Waals surface area contributed by atoms with E-state index in [1.807, 2.05) is 0 Å². The van der Waals surface area contributed by atoms with Crippen LogP contribution in [0.2, 0.25) is 0 Å². The van der Waals surface area contributed by atoms with Gasteiger partial charge in [0.1, 0.15) is 0 Å². The van der Waals surface area contributed by atoms with Crippen molar-refractivity contribution in [1.29, 1.82) is 0 Å². The largest absolute Gasteiger partial charge is 0.327 e. The van der Waals surface area contributed by atoms with Gasteiger partial charge in [-0.25, -0.2) is 0 Å². The van der Waals surface area contributed by atoms with Gasteiger partial charge in [0.05, 0.1) is 6.17 Å². The normalized spacial score (nSPS) is 48.5. The second-order valence-corrected chi connectivity index (χ2v) is 6.30. The number of fused-ring (bicyclic) bond motifs is 2. The molecule has 3 aliphatic rings. The van der Waals surface area contributed by atoms with Crippen LogP contribution in [0.3, 0.4) is 0 Å². The van der Waals surface area contributed by atoms with Crippen LogP contribution in [0.1, 0.15) is 19.3 Å². The molecule has 3 N–H and O–H groups in total. The fourth-order valence-electron chi connectivity index (χ4n) is 4.14. The van der Waals surface area contributed by atoms with E-state index < -0.39 is 0 Å². The number of hydrogen-bond acceptors (Lipinski definition) is 4. The Hall–Kier alpha value is -0.160. The molecular formula is C13H26N4. The zero-order valence-electron chi connectivity index (χ0n) is 11.1. The first kappa shape index (κ1) is 11.9. The number of piperidine rings is 3. The molecule has 3 saturated heterocycles. The van der Waals surface area contributed by atoms with Gasteiger partial charge in [-0.15, -0.1) is 0 Å². The van der Waals surface area contributed by atoms with E-state index in [0.717, 1.165) is 0 Å². The third-order valence-electron chi connectivity index (χ3n) is 5.16. The van der Waals surface area contributed by atoms with Gasteiger partial charge in [-0.05, 0) is 46.4 Å². The summed E-state index contributed by atoms with van der Waals surface area (Å²) in [4.78, 5) is 4.91. The van der Waals surface area contributed by atoms with Crippen LogP contribution < -0.4 is 11.1 Å². The third kappa shape index (κ3) is 2.01. The van der Waals surface area contributed by atoms with Crippen molar-refractivity contribution in [3.8, 4) is 0 Å². The van der Waals surface area contributed by atoms with Crippen molar-refractivity contribution in [2.45, 2.75) is 37.5 Å². The van der Waals surface area contributed by atoms with E-state index >= 15 is 0 Å². The first-order valence-corrected chi connectivity index (χ1v) is 7.07. The molecule has 0 aromatic rings. The van der Waals surface area contributed by atoms with Crippen LogP contribution in [0.4, 0.5) is 0 Å². The molecule has 0 aliphatic carbocycles. The Balaban J connectivity index is 1.78. The van der Waals surface area contributed by atoms with E-state index in [4.69, 9.17) is 5.73 Å². The number of nitrogens with two attached hydrogens (primary N) is 1. The van der Waals surface area contributed by atoms with E-state index in [1.54, 1.807) is 0 Å². The van der Waals surface area contributed by atoms with Gasteiger partial charge in [-0.2, -0.15) is 0 Å². The van der Waals surface area contributed by atoms with Crippen molar-refractivity contribution in [1.82, 2.24) is 15.1 Å². The highest BCUT2D eigenvalue weighted by atomic mass is 15.3. The summed E-state index contributed by atoms with van der Waals surface area (Å²) < 4.78 is 0. The molecule has 0 spiro atoms. The molecule has 3 rings (SSSR count). The quantitative estimate of drug-likeness (QED) is 0.619. The molecule has 4 nitrogen and oxygen atoms in total. The second kappa shape index (κ2) is 4.50. The van der Waals surface area contributed by atoms with Crippen molar-refractivity contribution >= 4 is 0 Å². The lowest BCUT2D eigenvalue weighted by molar-refractivity contribution is -0.0181. The SMILES string of the molecule is CN1CCC2NC3C(CCCN3C)C(N)C2C1. The highest BCUT2D eigenvalue weighted by Crippen LogP contribution is 2.35. The minimum atomic E-state index is 0.386. The Morgan fingerprint density at radius 3 is 2.76 bits per heavy atom. The predicted molar refractivity (Wildman–Crippen MR) is 69.6 cm³/mol. The fourth-order valence-corrected chi connectivity index (χ4v) is 4.14. The summed E-state index contributed by atoms with van der Waals surface area (Å²) in [7, 11) is 4.47. The molecule has 4 heteroatoms. The highest BCUT2D eigenvalue weighted by molar-refractivity contribution is 5.02. The summed E-state index contributed by atoms with van der Waals surface area (Å²) in [5.74, 6) is 1.31. The van der Waals surface area contributed by atoms with Crippen LogP contribution in [0, 0.1) is 11.8 Å². The summed E-state index contributed by atoms with van der Waals surface area (Å²) in [5.41, 5.74) is 6.58. The van der Waals surface area contributed by atoms with Crippen LogP contribution in [0.25, 0.3) is 0 Å². The lowest BCUT2D eigenvalue weighted by Crippen LogP contribution is -2.70. The molecule has 0 saturated carbocycles. The van der Waals surface area contributed by atoms with Crippen LogP contribution in [0.5, 0.6) is 0 Å². The van der Waals surface area contributed by atoms with Crippen LogP contribution in [-0.2, 0) is 0 Å². The van der Waals surface area contributed by atoms with Gasteiger partial charge in [-0.1, -0.05) is 0 Å². The zero-order valence-corrected chi connectivity index (χ0v) is 11.1. The Morgan fingerprint density at radius 1 is 1.12 bits per heavy atom. The maximum Gasteiger partial charge on any atom is 0.0641 e. The lowest BCUT2D eigenvalue weighted by Gasteiger charge is -2.54. The van der Waals surface area contributed by atoms with E-state index in [2.05, 4.69) is 29.2 Å². The van der Waals surface area contributed by atoms with Crippen LogP contribution >= 0.6 is 0 Å². The number of nitrogens with one attached hydrogen (secondary N) is 1. The fraction of sp³-hybridized carbons (Fsp3) is 1.00. The van der Waals surface area contributed by atoms with Gasteiger partial charge < -0.3 is 10.6 Å². The Morgan fingerprint density at radius 2 is 1.94 bits per heavy atom. The number of hydrogen-bond donors (Lipinski definition) is 2. The minimum Gasteiger partial charge on any atom is -0.327 e. The van der Waals surface area contributed by atoms with E-state index in [1.165, 1.54) is 38.9 Å². The molecule has 0 radical (unpaired) electrons. The molecule has 0 amide bonds. The summed E-state index contributed by atoms with van der Waals surface area (Å²) in [6.07, 6.45) is 4.39. The van der Waals surface area contributed by atoms with Crippen LogP contribution in [-0.4, -0.2) is 61.8 Å². The molecule has 0 aromatic carbocycles. The van der Waals surface area contributed by atoms with E-state index in [9.17, 15) is 0 Å². The van der Waals surface area contributed by atoms with Gasteiger partial charge in [0.25, 0.3) is 0 Å². The molecule has 3 aliphatic heterocycles. The van der Waals surface area contributed by atoms with Crippen molar-refractivity contribution in [3.05, 3.63) is 0 Å². The number of rotatable bonds is 0. The molecule has 3 heterocycles. The average Bonchev–Trinajstić information content (AvgIpc) is 2.32. The summed E-state index contributed by atoms with van der Waals surface area (Å²) in [6, 6.07) is 1.03. The van der Waals surface area contributed by atoms with E-state index in [-0.39, 0.29) is 0 Å². The summed E-state index contributed by atoms with van der Waals surface area (Å²) in [6.45, 7) is 3.60. The molecule has 0 aromatic heterocycles.